The van der Waals surface area contributed by atoms with Gasteiger partial charge >= 0.3 is 5.97 Å². The topological polar surface area (TPSA) is 75.3 Å². The second kappa shape index (κ2) is 6.16. The summed E-state index contributed by atoms with van der Waals surface area (Å²) in [5.41, 5.74) is 7.33. The molecule has 1 fully saturated rings. The largest absolute Gasteiger partial charge is 0.478 e. The third-order valence-corrected chi connectivity index (χ3v) is 4.33. The first-order chi connectivity index (χ1) is 9.50. The second-order valence-electron chi connectivity index (χ2n) is 6.02. The fourth-order valence-electron chi connectivity index (χ4n) is 3.23. The Balaban J connectivity index is 2.26. The van der Waals surface area contributed by atoms with Gasteiger partial charge in [0, 0.05) is 6.04 Å². The zero-order valence-corrected chi connectivity index (χ0v) is 12.2. The summed E-state index contributed by atoms with van der Waals surface area (Å²) in [5.74, 6) is 0.229. The van der Waals surface area contributed by atoms with E-state index < -0.39 is 5.97 Å². The van der Waals surface area contributed by atoms with Crippen LogP contribution in [0.15, 0.2) is 18.2 Å². The van der Waals surface area contributed by atoms with Gasteiger partial charge in [0.15, 0.2) is 0 Å². The number of hydrogen-bond acceptors (Lipinski definition) is 3. The molecule has 4 nitrogen and oxygen atoms in total. The summed E-state index contributed by atoms with van der Waals surface area (Å²) < 4.78 is 0. The lowest BCUT2D eigenvalue weighted by Crippen LogP contribution is -2.36. The number of carbonyl (C=O) groups is 1. The van der Waals surface area contributed by atoms with Gasteiger partial charge in [-0.15, -0.1) is 0 Å². The summed E-state index contributed by atoms with van der Waals surface area (Å²) in [6, 6.07) is 5.35. The molecule has 1 aliphatic carbocycles. The van der Waals surface area contributed by atoms with Crippen molar-refractivity contribution in [3.05, 3.63) is 23.8 Å². The number of anilines is 2. The molecule has 1 saturated carbocycles. The Kier molecular flexibility index (Phi) is 4.53. The van der Waals surface area contributed by atoms with Gasteiger partial charge < -0.3 is 16.2 Å². The average molecular weight is 276 g/mol. The molecular formula is C16H24N2O2. The molecule has 20 heavy (non-hydrogen) atoms. The molecule has 1 aromatic carbocycles. The van der Waals surface area contributed by atoms with E-state index in [9.17, 15) is 9.90 Å². The highest BCUT2D eigenvalue weighted by atomic mass is 16.4. The normalized spacial score (nSPS) is 22.8. The average Bonchev–Trinajstić information content (AvgIpc) is 2.41. The lowest BCUT2D eigenvalue weighted by Gasteiger charge is -2.36. The number of benzene rings is 1. The van der Waals surface area contributed by atoms with E-state index >= 15 is 0 Å². The van der Waals surface area contributed by atoms with Gasteiger partial charge in [0.1, 0.15) is 0 Å². The van der Waals surface area contributed by atoms with E-state index in [1.54, 1.807) is 18.2 Å². The van der Waals surface area contributed by atoms with Crippen LogP contribution >= 0.6 is 0 Å². The monoisotopic (exact) mass is 276 g/mol. The van der Waals surface area contributed by atoms with Crippen LogP contribution < -0.4 is 11.1 Å². The minimum atomic E-state index is -0.934. The van der Waals surface area contributed by atoms with Crippen LogP contribution in [-0.2, 0) is 0 Å². The van der Waals surface area contributed by atoms with Crippen molar-refractivity contribution in [2.45, 2.75) is 45.6 Å². The summed E-state index contributed by atoms with van der Waals surface area (Å²) in [4.78, 5) is 11.3. The van der Waals surface area contributed by atoms with Crippen molar-refractivity contribution in [3.63, 3.8) is 0 Å². The molecule has 0 saturated heterocycles. The van der Waals surface area contributed by atoms with E-state index in [1.807, 2.05) is 0 Å². The molecule has 0 radical (unpaired) electrons. The summed E-state index contributed by atoms with van der Waals surface area (Å²) in [5, 5.41) is 12.7. The Morgan fingerprint density at radius 1 is 1.35 bits per heavy atom. The molecule has 2 rings (SSSR count). The van der Waals surface area contributed by atoms with Crippen molar-refractivity contribution < 1.29 is 9.90 Å². The zero-order chi connectivity index (χ0) is 14.7. The number of carboxylic acids is 1. The van der Waals surface area contributed by atoms with Crippen LogP contribution in [0.5, 0.6) is 0 Å². The third kappa shape index (κ3) is 3.06. The quantitative estimate of drug-likeness (QED) is 0.734. The first-order valence-electron chi connectivity index (χ1n) is 7.39. The first kappa shape index (κ1) is 14.7. The summed E-state index contributed by atoms with van der Waals surface area (Å²) >= 11 is 0. The van der Waals surface area contributed by atoms with Gasteiger partial charge in [-0.25, -0.2) is 4.79 Å². The van der Waals surface area contributed by atoms with Crippen molar-refractivity contribution >= 4 is 17.3 Å². The number of nitrogen functional groups attached to an aromatic ring is 1. The molecule has 0 aromatic heterocycles. The highest BCUT2D eigenvalue weighted by molar-refractivity contribution is 5.97. The molecule has 0 spiro atoms. The van der Waals surface area contributed by atoms with Crippen LogP contribution in [0.25, 0.3) is 0 Å². The van der Waals surface area contributed by atoms with E-state index in [0.717, 1.165) is 6.42 Å². The SMILES string of the molecule is CC(C)C1CCCCC1Nc1c(N)cccc1C(=O)O. The highest BCUT2D eigenvalue weighted by Gasteiger charge is 2.28. The maximum atomic E-state index is 11.3. The van der Waals surface area contributed by atoms with Gasteiger partial charge in [-0.3, -0.25) is 0 Å². The minimum absolute atomic E-state index is 0.262. The number of nitrogens with one attached hydrogen (secondary N) is 1. The molecule has 0 aliphatic heterocycles. The summed E-state index contributed by atoms with van der Waals surface area (Å²) in [7, 11) is 0. The summed E-state index contributed by atoms with van der Waals surface area (Å²) in [6.45, 7) is 4.47. The van der Waals surface area contributed by atoms with Crippen LogP contribution in [0.4, 0.5) is 11.4 Å². The van der Waals surface area contributed by atoms with E-state index in [1.165, 1.54) is 19.3 Å². The fourth-order valence-corrected chi connectivity index (χ4v) is 3.23. The standard InChI is InChI=1S/C16H24N2O2/c1-10(2)11-6-3-4-9-14(11)18-15-12(16(19)20)7-5-8-13(15)17/h5,7-8,10-11,14,18H,3-4,6,9,17H2,1-2H3,(H,19,20). The Morgan fingerprint density at radius 2 is 2.05 bits per heavy atom. The number of nitrogens with two attached hydrogens (primary N) is 1. The van der Waals surface area contributed by atoms with Gasteiger partial charge in [-0.2, -0.15) is 0 Å². The molecule has 2 atom stereocenters. The lowest BCUT2D eigenvalue weighted by atomic mass is 9.77. The van der Waals surface area contributed by atoms with Crippen LogP contribution in [0, 0.1) is 11.8 Å². The van der Waals surface area contributed by atoms with Crippen LogP contribution in [0.1, 0.15) is 49.9 Å². The minimum Gasteiger partial charge on any atom is -0.478 e. The van der Waals surface area contributed by atoms with Crippen molar-refractivity contribution in [2.24, 2.45) is 11.8 Å². The molecule has 0 heterocycles. The molecule has 2 unspecified atom stereocenters. The zero-order valence-electron chi connectivity index (χ0n) is 12.2. The Morgan fingerprint density at radius 3 is 2.70 bits per heavy atom. The second-order valence-corrected chi connectivity index (χ2v) is 6.02. The van der Waals surface area contributed by atoms with Crippen molar-refractivity contribution in [1.82, 2.24) is 0 Å². The first-order valence-corrected chi connectivity index (χ1v) is 7.39. The molecule has 4 heteroatoms. The molecule has 0 amide bonds. The van der Waals surface area contributed by atoms with Crippen molar-refractivity contribution in [2.75, 3.05) is 11.1 Å². The van der Waals surface area contributed by atoms with Gasteiger partial charge in [0.25, 0.3) is 0 Å². The third-order valence-electron chi connectivity index (χ3n) is 4.33. The van der Waals surface area contributed by atoms with E-state index in [0.29, 0.717) is 29.3 Å². The smallest absolute Gasteiger partial charge is 0.337 e. The lowest BCUT2D eigenvalue weighted by molar-refractivity contribution is 0.0698. The van der Waals surface area contributed by atoms with Crippen LogP contribution in [0.2, 0.25) is 0 Å². The molecule has 4 N–H and O–H groups in total. The molecule has 1 aliphatic rings. The maximum absolute atomic E-state index is 11.3. The Labute approximate surface area is 120 Å². The summed E-state index contributed by atoms with van der Waals surface area (Å²) in [6.07, 6.45) is 4.73. The maximum Gasteiger partial charge on any atom is 0.337 e. The van der Waals surface area contributed by atoms with Crippen molar-refractivity contribution in [3.8, 4) is 0 Å². The molecule has 0 bridgehead atoms. The Hall–Kier alpha value is -1.71. The van der Waals surface area contributed by atoms with Crippen LogP contribution in [-0.4, -0.2) is 17.1 Å². The van der Waals surface area contributed by atoms with Gasteiger partial charge in [0.2, 0.25) is 0 Å². The highest BCUT2D eigenvalue weighted by Crippen LogP contribution is 2.34. The van der Waals surface area contributed by atoms with Gasteiger partial charge in [-0.05, 0) is 36.8 Å². The number of rotatable bonds is 4. The Bertz CT molecular complexity index is 485. The number of hydrogen-bond donors (Lipinski definition) is 3. The van der Waals surface area contributed by atoms with E-state index in [4.69, 9.17) is 5.73 Å². The van der Waals surface area contributed by atoms with Gasteiger partial charge in [0.05, 0.1) is 16.9 Å². The predicted octanol–water partition coefficient (Wildman–Crippen LogP) is 3.59. The van der Waals surface area contributed by atoms with Gasteiger partial charge in [-0.1, -0.05) is 32.8 Å². The van der Waals surface area contributed by atoms with E-state index in [2.05, 4.69) is 19.2 Å². The molecule has 1 aromatic rings. The molecule has 110 valence electrons. The van der Waals surface area contributed by atoms with Crippen molar-refractivity contribution in [1.29, 1.82) is 0 Å². The van der Waals surface area contributed by atoms with E-state index in [-0.39, 0.29) is 5.56 Å². The molecular weight excluding hydrogens is 252 g/mol. The number of para-hydroxylation sites is 1. The van der Waals surface area contributed by atoms with Crippen LogP contribution in [0.3, 0.4) is 0 Å². The number of aromatic carboxylic acids is 1. The fraction of sp³-hybridized carbons (Fsp3) is 0.562. The number of carboxylic acid groups (broad SMARTS) is 1. The predicted molar refractivity (Wildman–Crippen MR) is 82.0 cm³/mol.